The lowest BCUT2D eigenvalue weighted by Gasteiger charge is -2.42. The van der Waals surface area contributed by atoms with Gasteiger partial charge in [-0.3, -0.25) is 9.59 Å². The molecular formula is C27H32N2O2. The number of rotatable bonds is 7. The van der Waals surface area contributed by atoms with Crippen molar-refractivity contribution in [1.82, 2.24) is 10.2 Å². The van der Waals surface area contributed by atoms with Gasteiger partial charge in [-0.25, -0.2) is 0 Å². The van der Waals surface area contributed by atoms with Crippen LogP contribution >= 0.6 is 0 Å². The lowest BCUT2D eigenvalue weighted by atomic mass is 9.73. The molecule has 4 rings (SSSR count). The van der Waals surface area contributed by atoms with Crippen LogP contribution in [0.15, 0.2) is 67.3 Å². The maximum atomic E-state index is 13.5. The van der Waals surface area contributed by atoms with Crippen LogP contribution in [0, 0.1) is 17.3 Å². The normalized spacial score (nSPS) is 25.0. The maximum absolute atomic E-state index is 13.5. The van der Waals surface area contributed by atoms with Crippen molar-refractivity contribution in [2.24, 2.45) is 17.3 Å². The Labute approximate surface area is 185 Å². The first-order valence-electron chi connectivity index (χ1n) is 11.4. The number of benzene rings is 2. The molecule has 1 aliphatic heterocycles. The van der Waals surface area contributed by atoms with E-state index in [9.17, 15) is 9.59 Å². The topological polar surface area (TPSA) is 49.4 Å². The number of carbonyl (C=O) groups is 2. The molecule has 31 heavy (non-hydrogen) atoms. The van der Waals surface area contributed by atoms with Crippen LogP contribution in [0.3, 0.4) is 0 Å². The molecule has 1 aliphatic carbocycles. The molecule has 1 saturated heterocycles. The Morgan fingerprint density at radius 2 is 1.87 bits per heavy atom. The highest BCUT2D eigenvalue weighted by molar-refractivity contribution is 5.86. The van der Waals surface area contributed by atoms with Gasteiger partial charge in [0.25, 0.3) is 0 Å². The van der Waals surface area contributed by atoms with Gasteiger partial charge in [0.05, 0.1) is 5.41 Å². The van der Waals surface area contributed by atoms with E-state index in [1.807, 2.05) is 35.2 Å². The monoisotopic (exact) mass is 416 g/mol. The summed E-state index contributed by atoms with van der Waals surface area (Å²) in [7, 11) is 0. The van der Waals surface area contributed by atoms with Crippen LogP contribution < -0.4 is 5.32 Å². The minimum atomic E-state index is -0.625. The third-order valence-corrected chi connectivity index (χ3v) is 6.83. The summed E-state index contributed by atoms with van der Waals surface area (Å²) in [6.07, 6.45) is 4.93. The standard InChI is InChI=1S/C27H32N2O2/c1-3-15-28-26(31)27(14-9-16-29(19-27)25(30)24-17-20(24)2)18-22-12-7-8-13-23(22)21-10-5-4-6-11-21/h3-8,10-13,20,24H,1,9,14-19H2,2H3,(H,28,31)/t20-,24-,27+/m1/s1. The summed E-state index contributed by atoms with van der Waals surface area (Å²) in [6, 6.07) is 18.6. The van der Waals surface area contributed by atoms with E-state index in [2.05, 4.69) is 43.1 Å². The van der Waals surface area contributed by atoms with Crippen molar-refractivity contribution in [3.8, 4) is 11.1 Å². The van der Waals surface area contributed by atoms with Gasteiger partial charge >= 0.3 is 0 Å². The highest BCUT2D eigenvalue weighted by Gasteiger charge is 2.47. The largest absolute Gasteiger partial charge is 0.352 e. The summed E-state index contributed by atoms with van der Waals surface area (Å²) in [6.45, 7) is 7.55. The van der Waals surface area contributed by atoms with Gasteiger partial charge in [-0.2, -0.15) is 0 Å². The Bertz CT molecular complexity index is 955. The number of amides is 2. The highest BCUT2D eigenvalue weighted by Crippen LogP contribution is 2.42. The van der Waals surface area contributed by atoms with Gasteiger partial charge in [-0.1, -0.05) is 67.6 Å². The summed E-state index contributed by atoms with van der Waals surface area (Å²) in [5, 5.41) is 3.04. The van der Waals surface area contributed by atoms with E-state index in [0.717, 1.165) is 42.5 Å². The average molecular weight is 417 g/mol. The summed E-state index contributed by atoms with van der Waals surface area (Å²) in [4.78, 5) is 28.4. The molecule has 2 amide bonds. The van der Waals surface area contributed by atoms with Crippen LogP contribution in [-0.2, 0) is 16.0 Å². The van der Waals surface area contributed by atoms with Crippen LogP contribution in [-0.4, -0.2) is 36.3 Å². The van der Waals surface area contributed by atoms with E-state index in [0.29, 0.717) is 25.4 Å². The van der Waals surface area contributed by atoms with Crippen LogP contribution in [0.1, 0.15) is 31.7 Å². The summed E-state index contributed by atoms with van der Waals surface area (Å²) < 4.78 is 0. The molecule has 1 heterocycles. The predicted molar refractivity (Wildman–Crippen MR) is 124 cm³/mol. The molecule has 1 N–H and O–H groups in total. The van der Waals surface area contributed by atoms with Crippen molar-refractivity contribution >= 4 is 11.8 Å². The van der Waals surface area contributed by atoms with Crippen molar-refractivity contribution in [2.75, 3.05) is 19.6 Å². The number of nitrogens with zero attached hydrogens (tertiary/aromatic N) is 1. The van der Waals surface area contributed by atoms with E-state index < -0.39 is 5.41 Å². The van der Waals surface area contributed by atoms with E-state index in [1.165, 1.54) is 0 Å². The molecule has 2 aromatic rings. The fourth-order valence-corrected chi connectivity index (χ4v) is 4.92. The molecule has 2 fully saturated rings. The minimum absolute atomic E-state index is 0.0246. The van der Waals surface area contributed by atoms with E-state index in [-0.39, 0.29) is 17.7 Å². The number of carbonyl (C=O) groups excluding carboxylic acids is 2. The predicted octanol–water partition coefficient (Wildman–Crippen LogP) is 4.46. The van der Waals surface area contributed by atoms with Crippen LogP contribution in [0.2, 0.25) is 0 Å². The Morgan fingerprint density at radius 1 is 1.16 bits per heavy atom. The lowest BCUT2D eigenvalue weighted by molar-refractivity contribution is -0.142. The smallest absolute Gasteiger partial charge is 0.228 e. The van der Waals surface area contributed by atoms with E-state index >= 15 is 0 Å². The van der Waals surface area contributed by atoms with Gasteiger partial charge in [0.1, 0.15) is 0 Å². The van der Waals surface area contributed by atoms with Gasteiger partial charge in [0, 0.05) is 25.6 Å². The van der Waals surface area contributed by atoms with Gasteiger partial charge in [0.2, 0.25) is 11.8 Å². The molecule has 2 aliphatic rings. The van der Waals surface area contributed by atoms with Crippen molar-refractivity contribution < 1.29 is 9.59 Å². The van der Waals surface area contributed by atoms with Crippen molar-refractivity contribution in [3.05, 3.63) is 72.8 Å². The molecule has 3 atom stereocenters. The number of nitrogens with one attached hydrogen (secondary N) is 1. The van der Waals surface area contributed by atoms with E-state index in [1.54, 1.807) is 6.08 Å². The molecule has 2 aromatic carbocycles. The molecule has 0 spiro atoms. The number of likely N-dealkylation sites (tertiary alicyclic amines) is 1. The maximum Gasteiger partial charge on any atom is 0.228 e. The second-order valence-electron chi connectivity index (χ2n) is 9.16. The Kier molecular flexibility index (Phi) is 6.26. The average Bonchev–Trinajstić information content (AvgIpc) is 3.54. The van der Waals surface area contributed by atoms with Crippen molar-refractivity contribution in [2.45, 2.75) is 32.6 Å². The molecule has 0 aromatic heterocycles. The number of hydrogen-bond donors (Lipinski definition) is 1. The Morgan fingerprint density at radius 3 is 2.58 bits per heavy atom. The van der Waals surface area contributed by atoms with Crippen LogP contribution in [0.25, 0.3) is 11.1 Å². The summed E-state index contributed by atoms with van der Waals surface area (Å²) in [5.74, 6) is 0.863. The van der Waals surface area contributed by atoms with Gasteiger partial charge in [-0.05, 0) is 48.3 Å². The van der Waals surface area contributed by atoms with E-state index in [4.69, 9.17) is 0 Å². The summed E-state index contributed by atoms with van der Waals surface area (Å²) in [5.41, 5.74) is 2.82. The summed E-state index contributed by atoms with van der Waals surface area (Å²) >= 11 is 0. The minimum Gasteiger partial charge on any atom is -0.352 e. The van der Waals surface area contributed by atoms with Gasteiger partial charge in [0.15, 0.2) is 0 Å². The first-order valence-corrected chi connectivity index (χ1v) is 11.4. The number of piperidine rings is 1. The third-order valence-electron chi connectivity index (χ3n) is 6.83. The Hall–Kier alpha value is -2.88. The molecule has 0 bridgehead atoms. The third kappa shape index (κ3) is 4.58. The quantitative estimate of drug-likeness (QED) is 0.678. The Balaban J connectivity index is 1.66. The SMILES string of the molecule is C=CCNC(=O)[C@]1(Cc2ccccc2-c2ccccc2)CCCN(C(=O)[C@@H]2C[C@H]2C)C1. The molecular weight excluding hydrogens is 384 g/mol. The molecule has 4 heteroatoms. The zero-order valence-electron chi connectivity index (χ0n) is 18.3. The van der Waals surface area contributed by atoms with Gasteiger partial charge in [-0.15, -0.1) is 6.58 Å². The fraction of sp³-hybridized carbons (Fsp3) is 0.407. The second kappa shape index (κ2) is 9.09. The number of hydrogen-bond acceptors (Lipinski definition) is 2. The zero-order chi connectivity index (χ0) is 21.8. The van der Waals surface area contributed by atoms with Crippen molar-refractivity contribution in [1.29, 1.82) is 0 Å². The van der Waals surface area contributed by atoms with Crippen LogP contribution in [0.4, 0.5) is 0 Å². The highest BCUT2D eigenvalue weighted by atomic mass is 16.2. The van der Waals surface area contributed by atoms with Crippen LogP contribution in [0.5, 0.6) is 0 Å². The molecule has 4 nitrogen and oxygen atoms in total. The van der Waals surface area contributed by atoms with Crippen molar-refractivity contribution in [3.63, 3.8) is 0 Å². The lowest BCUT2D eigenvalue weighted by Crippen LogP contribution is -2.55. The first-order chi connectivity index (χ1) is 15.0. The molecule has 0 unspecified atom stereocenters. The second-order valence-corrected chi connectivity index (χ2v) is 9.16. The van der Waals surface area contributed by atoms with Gasteiger partial charge < -0.3 is 10.2 Å². The fourth-order valence-electron chi connectivity index (χ4n) is 4.92. The zero-order valence-corrected chi connectivity index (χ0v) is 18.3. The first kappa shape index (κ1) is 21.4. The molecule has 162 valence electrons. The molecule has 1 saturated carbocycles. The molecule has 0 radical (unpaired) electrons.